The van der Waals surface area contributed by atoms with Gasteiger partial charge in [-0.05, 0) is 42.3 Å². The van der Waals surface area contributed by atoms with Crippen molar-refractivity contribution in [3.63, 3.8) is 0 Å². The largest absolute Gasteiger partial charge is 0.322 e. The third-order valence-corrected chi connectivity index (χ3v) is 3.53. The predicted molar refractivity (Wildman–Crippen MR) is 81.1 cm³/mol. The average molecular weight is 271 g/mol. The van der Waals surface area contributed by atoms with Crippen LogP contribution in [0.2, 0.25) is 5.02 Å². The molecule has 1 aromatic heterocycles. The van der Waals surface area contributed by atoms with Crippen molar-refractivity contribution in [3.8, 4) is 0 Å². The van der Waals surface area contributed by atoms with E-state index in [0.29, 0.717) is 0 Å². The molecule has 0 amide bonds. The topological polar surface area (TPSA) is 16.1 Å². The quantitative estimate of drug-likeness (QED) is 0.801. The molecular weight excluding hydrogens is 256 g/mol. The smallest absolute Gasteiger partial charge is 0.133 e. The van der Waals surface area contributed by atoms with E-state index in [9.17, 15) is 0 Å². The number of hydrogen-bond donors (Lipinski definition) is 0. The van der Waals surface area contributed by atoms with Gasteiger partial charge in [-0.25, -0.2) is 4.98 Å². The van der Waals surface area contributed by atoms with Crippen molar-refractivity contribution < 1.29 is 0 Å². The zero-order valence-electron chi connectivity index (χ0n) is 10.8. The van der Waals surface area contributed by atoms with E-state index < -0.39 is 0 Å². The molecule has 3 heteroatoms. The van der Waals surface area contributed by atoms with E-state index in [1.165, 1.54) is 0 Å². The van der Waals surface area contributed by atoms with E-state index >= 15 is 0 Å². The summed E-state index contributed by atoms with van der Waals surface area (Å²) in [6.45, 7) is 2.96. The molecule has 1 aliphatic heterocycles. The highest BCUT2D eigenvalue weighted by atomic mass is 35.5. The van der Waals surface area contributed by atoms with Crippen molar-refractivity contribution in [2.75, 3.05) is 11.4 Å². The van der Waals surface area contributed by atoms with E-state index in [0.717, 1.165) is 40.8 Å². The van der Waals surface area contributed by atoms with Crippen molar-refractivity contribution in [2.45, 2.75) is 13.3 Å². The third-order valence-electron chi connectivity index (χ3n) is 3.30. The van der Waals surface area contributed by atoms with Crippen LogP contribution in [-0.4, -0.2) is 11.5 Å². The number of fused-ring (bicyclic) bond motifs is 1. The minimum atomic E-state index is 0.764. The molecule has 0 N–H and O–H groups in total. The van der Waals surface area contributed by atoms with Gasteiger partial charge in [0.1, 0.15) is 5.82 Å². The number of aryl methyl sites for hydroxylation is 1. The lowest BCUT2D eigenvalue weighted by Crippen LogP contribution is -2.21. The van der Waals surface area contributed by atoms with Gasteiger partial charge in [-0.3, -0.25) is 0 Å². The van der Waals surface area contributed by atoms with Crippen LogP contribution in [0.15, 0.2) is 42.5 Å². The summed E-state index contributed by atoms with van der Waals surface area (Å²) in [5.41, 5.74) is 3.41. The Balaban J connectivity index is 2.05. The first kappa shape index (κ1) is 12.2. The molecule has 0 saturated carbocycles. The predicted octanol–water partition coefficient (Wildman–Crippen LogP) is 4.46. The Morgan fingerprint density at radius 3 is 3.00 bits per heavy atom. The summed E-state index contributed by atoms with van der Waals surface area (Å²) in [6.07, 6.45) is 5.20. The second kappa shape index (κ2) is 5.06. The fourth-order valence-corrected chi connectivity index (χ4v) is 2.50. The lowest BCUT2D eigenvalue weighted by Gasteiger charge is -2.27. The van der Waals surface area contributed by atoms with Crippen LogP contribution in [0.25, 0.3) is 6.08 Å². The van der Waals surface area contributed by atoms with Gasteiger partial charge in [-0.1, -0.05) is 36.7 Å². The van der Waals surface area contributed by atoms with Gasteiger partial charge in [0.15, 0.2) is 0 Å². The Hall–Kier alpha value is -1.80. The Kier molecular flexibility index (Phi) is 3.26. The molecule has 0 saturated heterocycles. The van der Waals surface area contributed by atoms with Crippen molar-refractivity contribution >= 4 is 29.2 Å². The maximum Gasteiger partial charge on any atom is 0.133 e. The summed E-state index contributed by atoms with van der Waals surface area (Å²) in [5.74, 6) is 0.993. The summed E-state index contributed by atoms with van der Waals surface area (Å²) >= 11 is 6.05. The number of hydrogen-bond acceptors (Lipinski definition) is 2. The molecule has 2 heterocycles. The summed E-state index contributed by atoms with van der Waals surface area (Å²) in [4.78, 5) is 6.91. The number of anilines is 2. The molecule has 1 aromatic carbocycles. The highest BCUT2D eigenvalue weighted by Crippen LogP contribution is 2.33. The normalized spacial score (nSPS) is 13.5. The van der Waals surface area contributed by atoms with Gasteiger partial charge in [-0.2, -0.15) is 0 Å². The maximum absolute atomic E-state index is 6.05. The standard InChI is InChI=1S/C16H15ClN2/c1-2-14-6-3-7-16(18-14)19-10-4-5-12-11-13(17)8-9-15(12)19/h3-9,11H,2,10H2,1H3. The molecule has 1 aliphatic rings. The van der Waals surface area contributed by atoms with Gasteiger partial charge in [-0.15, -0.1) is 0 Å². The summed E-state index contributed by atoms with van der Waals surface area (Å²) in [5, 5.41) is 0.764. The molecule has 0 spiro atoms. The lowest BCUT2D eigenvalue weighted by molar-refractivity contribution is 0.979. The second-order valence-corrected chi connectivity index (χ2v) is 4.99. The van der Waals surface area contributed by atoms with E-state index in [2.05, 4.69) is 48.2 Å². The second-order valence-electron chi connectivity index (χ2n) is 4.56. The van der Waals surface area contributed by atoms with Crippen LogP contribution in [0, 0.1) is 0 Å². The van der Waals surface area contributed by atoms with Crippen LogP contribution in [0.5, 0.6) is 0 Å². The SMILES string of the molecule is CCc1cccc(N2CC=Cc3cc(Cl)ccc32)n1. The number of aromatic nitrogens is 1. The zero-order valence-corrected chi connectivity index (χ0v) is 11.6. The highest BCUT2D eigenvalue weighted by Gasteiger charge is 2.16. The molecule has 0 bridgehead atoms. The first-order valence-electron chi connectivity index (χ1n) is 6.47. The zero-order chi connectivity index (χ0) is 13.2. The molecule has 0 aliphatic carbocycles. The Labute approximate surface area is 118 Å². The van der Waals surface area contributed by atoms with E-state index in [4.69, 9.17) is 16.6 Å². The van der Waals surface area contributed by atoms with Gasteiger partial charge in [0.25, 0.3) is 0 Å². The molecule has 0 atom stereocenters. The van der Waals surface area contributed by atoms with E-state index in [-0.39, 0.29) is 0 Å². The number of nitrogens with zero attached hydrogens (tertiary/aromatic N) is 2. The molecule has 0 fully saturated rings. The maximum atomic E-state index is 6.05. The monoisotopic (exact) mass is 270 g/mol. The molecule has 2 aromatic rings. The molecule has 0 unspecified atom stereocenters. The van der Waals surface area contributed by atoms with Gasteiger partial charge >= 0.3 is 0 Å². The lowest BCUT2D eigenvalue weighted by atomic mass is 10.1. The minimum Gasteiger partial charge on any atom is -0.322 e. The Morgan fingerprint density at radius 2 is 2.16 bits per heavy atom. The van der Waals surface area contributed by atoms with Crippen molar-refractivity contribution in [1.29, 1.82) is 0 Å². The number of halogens is 1. The fourth-order valence-electron chi connectivity index (χ4n) is 2.32. The van der Waals surface area contributed by atoms with Crippen LogP contribution in [-0.2, 0) is 6.42 Å². The Bertz CT molecular complexity index is 634. The number of rotatable bonds is 2. The summed E-state index contributed by atoms with van der Waals surface area (Å²) in [7, 11) is 0. The van der Waals surface area contributed by atoms with E-state index in [1.54, 1.807) is 0 Å². The first-order valence-corrected chi connectivity index (χ1v) is 6.85. The first-order chi connectivity index (χ1) is 9.28. The molecule has 2 nitrogen and oxygen atoms in total. The van der Waals surface area contributed by atoms with Crippen LogP contribution >= 0.6 is 11.6 Å². The molecular formula is C16H15ClN2. The number of benzene rings is 1. The van der Waals surface area contributed by atoms with E-state index in [1.807, 2.05) is 12.1 Å². The van der Waals surface area contributed by atoms with Gasteiger partial charge in [0.2, 0.25) is 0 Å². The van der Waals surface area contributed by atoms with Crippen molar-refractivity contribution in [3.05, 3.63) is 58.8 Å². The summed E-state index contributed by atoms with van der Waals surface area (Å²) in [6, 6.07) is 12.2. The van der Waals surface area contributed by atoms with Gasteiger partial charge < -0.3 is 4.90 Å². The molecule has 96 valence electrons. The summed E-state index contributed by atoms with van der Waals surface area (Å²) < 4.78 is 0. The highest BCUT2D eigenvalue weighted by molar-refractivity contribution is 6.30. The van der Waals surface area contributed by atoms with Crippen molar-refractivity contribution in [2.24, 2.45) is 0 Å². The average Bonchev–Trinajstić information content (AvgIpc) is 2.46. The van der Waals surface area contributed by atoms with Crippen molar-refractivity contribution in [1.82, 2.24) is 4.98 Å². The van der Waals surface area contributed by atoms with Gasteiger partial charge in [0.05, 0.1) is 5.69 Å². The van der Waals surface area contributed by atoms with Crippen LogP contribution in [0.4, 0.5) is 11.5 Å². The molecule has 3 rings (SSSR count). The molecule has 0 radical (unpaired) electrons. The van der Waals surface area contributed by atoms with Crippen LogP contribution in [0.1, 0.15) is 18.2 Å². The minimum absolute atomic E-state index is 0.764. The third kappa shape index (κ3) is 2.36. The fraction of sp³-hybridized carbons (Fsp3) is 0.188. The van der Waals surface area contributed by atoms with Gasteiger partial charge in [0, 0.05) is 17.3 Å². The van der Waals surface area contributed by atoms with Crippen LogP contribution in [0.3, 0.4) is 0 Å². The molecule has 19 heavy (non-hydrogen) atoms. The Morgan fingerprint density at radius 1 is 1.26 bits per heavy atom. The number of pyridine rings is 1. The van der Waals surface area contributed by atoms with Crippen LogP contribution < -0.4 is 4.90 Å².